The summed E-state index contributed by atoms with van der Waals surface area (Å²) in [7, 11) is 3.00. The van der Waals surface area contributed by atoms with E-state index >= 15 is 0 Å². The van der Waals surface area contributed by atoms with Gasteiger partial charge in [0.2, 0.25) is 0 Å². The van der Waals surface area contributed by atoms with Crippen LogP contribution >= 0.6 is 0 Å². The molecule has 2 unspecified atom stereocenters. The van der Waals surface area contributed by atoms with Crippen LogP contribution in [0, 0.1) is 10.8 Å². The summed E-state index contributed by atoms with van der Waals surface area (Å²) in [4.78, 5) is 53.2. The standard InChI is InChI=1S/C21H24N6O4/c1-16-7-8-18(3,25-13(29)22(5)12(28)24(16)25)21-11-20(16,21)17(2)9-10-19(21,4)27-15(31)23(6)14(30)26(17)27/h7-10H,11H2,1-6H3/t16-,17+,18-,19+,20?,21?. The van der Waals surface area contributed by atoms with Crippen LogP contribution in [-0.2, 0) is 36.3 Å². The Labute approximate surface area is 175 Å². The molecule has 10 heteroatoms. The molecule has 10 nitrogen and oxygen atoms in total. The van der Waals surface area contributed by atoms with E-state index in [1.807, 2.05) is 52.0 Å². The lowest BCUT2D eigenvalue weighted by Crippen LogP contribution is -2.79. The average molecular weight is 424 g/mol. The first-order valence-electron chi connectivity index (χ1n) is 10.6. The molecule has 6 atom stereocenters. The zero-order valence-corrected chi connectivity index (χ0v) is 18.3. The van der Waals surface area contributed by atoms with E-state index in [2.05, 4.69) is 0 Å². The number of hydrogen-bond donors (Lipinski definition) is 0. The molecule has 3 aliphatic carbocycles. The van der Waals surface area contributed by atoms with Crippen molar-refractivity contribution in [3.05, 3.63) is 66.2 Å². The minimum atomic E-state index is -0.848. The lowest BCUT2D eigenvalue weighted by molar-refractivity contribution is -0.152. The first-order valence-corrected chi connectivity index (χ1v) is 10.6. The van der Waals surface area contributed by atoms with E-state index in [0.717, 1.165) is 9.13 Å². The number of rotatable bonds is 0. The quantitative estimate of drug-likeness (QED) is 0.513. The van der Waals surface area contributed by atoms with E-state index in [4.69, 9.17) is 0 Å². The lowest BCUT2D eigenvalue weighted by Gasteiger charge is -2.68. The lowest BCUT2D eigenvalue weighted by atomic mass is 9.48. The van der Waals surface area contributed by atoms with Crippen molar-refractivity contribution in [2.24, 2.45) is 24.9 Å². The summed E-state index contributed by atoms with van der Waals surface area (Å²) in [6.45, 7) is 7.95. The average Bonchev–Trinajstić information content (AvgIpc) is 3.40. The second-order valence-electron chi connectivity index (χ2n) is 10.7. The van der Waals surface area contributed by atoms with E-state index in [9.17, 15) is 19.2 Å². The molecule has 31 heavy (non-hydrogen) atoms. The molecule has 6 heterocycles. The van der Waals surface area contributed by atoms with E-state index in [1.165, 1.54) is 14.1 Å². The summed E-state index contributed by atoms with van der Waals surface area (Å²) in [5.41, 5.74) is -5.97. The fourth-order valence-corrected chi connectivity index (χ4v) is 8.75. The molecule has 2 aromatic rings. The Hall–Kier alpha value is -3.04. The van der Waals surface area contributed by atoms with Gasteiger partial charge in [0.25, 0.3) is 0 Å². The van der Waals surface area contributed by atoms with Crippen molar-refractivity contribution in [3.63, 3.8) is 0 Å². The maximum Gasteiger partial charge on any atom is 0.347 e. The SMILES string of the molecule is Cn1c(=O)n2n(c1=O)[C@]1(C)C=C[C@]2(C)C23CC21[C@]1(C)C=C[C@]3(C)n2c(=O)n(C)c(=O)n21. The van der Waals surface area contributed by atoms with Crippen LogP contribution in [0.2, 0.25) is 0 Å². The molecule has 4 bridgehead atoms. The monoisotopic (exact) mass is 424 g/mol. The van der Waals surface area contributed by atoms with Gasteiger partial charge in [-0.05, 0) is 34.1 Å². The predicted molar refractivity (Wildman–Crippen MR) is 110 cm³/mol. The molecule has 1 fully saturated rings. The van der Waals surface area contributed by atoms with Crippen molar-refractivity contribution in [1.29, 1.82) is 0 Å². The molecule has 162 valence electrons. The van der Waals surface area contributed by atoms with Gasteiger partial charge in [-0.15, -0.1) is 0 Å². The summed E-state index contributed by atoms with van der Waals surface area (Å²) < 4.78 is 8.69. The Kier molecular flexibility index (Phi) is 2.24. The molecule has 7 aliphatic rings. The highest BCUT2D eigenvalue weighted by atomic mass is 16.2. The summed E-state index contributed by atoms with van der Waals surface area (Å²) in [6.07, 6.45) is 8.84. The Morgan fingerprint density at radius 1 is 0.548 bits per heavy atom. The highest BCUT2D eigenvalue weighted by molar-refractivity contribution is 5.55. The van der Waals surface area contributed by atoms with Crippen LogP contribution in [0.1, 0.15) is 34.1 Å². The summed E-state index contributed by atoms with van der Waals surface area (Å²) in [6, 6.07) is 0. The third-order valence-electron chi connectivity index (χ3n) is 10.1. The maximum absolute atomic E-state index is 13.3. The Bertz CT molecular complexity index is 1380. The fraction of sp³-hybridized carbons (Fsp3) is 0.619. The summed E-state index contributed by atoms with van der Waals surface area (Å²) in [5, 5.41) is 0. The topological polar surface area (TPSA) is 97.9 Å². The van der Waals surface area contributed by atoms with Gasteiger partial charge in [-0.3, -0.25) is 0 Å². The Morgan fingerprint density at radius 3 is 1.00 bits per heavy atom. The molecular weight excluding hydrogens is 400 g/mol. The molecule has 1 saturated carbocycles. The largest absolute Gasteiger partial charge is 0.347 e. The third-order valence-corrected chi connectivity index (χ3v) is 10.1. The zero-order valence-electron chi connectivity index (χ0n) is 18.3. The Balaban J connectivity index is 1.76. The summed E-state index contributed by atoms with van der Waals surface area (Å²) >= 11 is 0. The maximum atomic E-state index is 13.3. The van der Waals surface area contributed by atoms with Crippen LogP contribution in [0.15, 0.2) is 43.5 Å². The van der Waals surface area contributed by atoms with E-state index < -0.39 is 33.0 Å². The van der Waals surface area contributed by atoms with Crippen LogP contribution in [0.4, 0.5) is 0 Å². The van der Waals surface area contributed by atoms with Crippen LogP contribution in [0.5, 0.6) is 0 Å². The number of allylic oxidation sites excluding steroid dienone is 4. The van der Waals surface area contributed by atoms with Crippen molar-refractivity contribution in [2.45, 2.75) is 56.3 Å². The van der Waals surface area contributed by atoms with Gasteiger partial charge >= 0.3 is 22.8 Å². The minimum absolute atomic E-state index is 0.366. The molecular formula is C21H24N6O4. The highest BCUT2D eigenvalue weighted by Gasteiger charge is 2.97. The third kappa shape index (κ3) is 1.09. The van der Waals surface area contributed by atoms with Crippen molar-refractivity contribution in [3.8, 4) is 0 Å². The summed E-state index contributed by atoms with van der Waals surface area (Å²) in [5.74, 6) is 0. The van der Waals surface area contributed by atoms with Gasteiger partial charge in [0.1, 0.15) is 0 Å². The smallest absolute Gasteiger partial charge is 0.246 e. The van der Waals surface area contributed by atoms with Crippen LogP contribution in [-0.4, -0.2) is 27.9 Å². The number of hydrogen-bond acceptors (Lipinski definition) is 4. The fourth-order valence-electron chi connectivity index (χ4n) is 8.75. The second-order valence-corrected chi connectivity index (χ2v) is 10.7. The molecule has 0 saturated heterocycles. The minimum Gasteiger partial charge on any atom is -0.246 e. The highest BCUT2D eigenvalue weighted by Crippen LogP contribution is 2.92. The molecule has 0 N–H and O–H groups in total. The molecule has 4 aliphatic heterocycles. The normalized spacial score (nSPS) is 46.6. The molecule has 0 amide bonds. The van der Waals surface area contributed by atoms with Crippen molar-refractivity contribution in [1.82, 2.24) is 27.9 Å². The van der Waals surface area contributed by atoms with Gasteiger partial charge in [-0.2, -0.15) is 0 Å². The van der Waals surface area contributed by atoms with Crippen LogP contribution in [0.3, 0.4) is 0 Å². The van der Waals surface area contributed by atoms with Crippen molar-refractivity contribution in [2.75, 3.05) is 0 Å². The van der Waals surface area contributed by atoms with E-state index in [1.54, 1.807) is 18.7 Å². The second kappa shape index (κ2) is 3.93. The predicted octanol–water partition coefficient (Wildman–Crippen LogP) is -0.885. The Morgan fingerprint density at radius 2 is 0.774 bits per heavy atom. The molecule has 9 rings (SSSR count). The molecule has 0 radical (unpaired) electrons. The van der Waals surface area contributed by atoms with Crippen LogP contribution in [0.25, 0.3) is 0 Å². The van der Waals surface area contributed by atoms with Crippen molar-refractivity contribution >= 4 is 0 Å². The van der Waals surface area contributed by atoms with Crippen LogP contribution < -0.4 is 22.8 Å². The molecule has 2 aromatic heterocycles. The van der Waals surface area contributed by atoms with Gasteiger partial charge in [-0.25, -0.2) is 47.0 Å². The van der Waals surface area contributed by atoms with Gasteiger partial charge in [0.05, 0.1) is 22.2 Å². The van der Waals surface area contributed by atoms with E-state index in [-0.39, 0.29) is 22.8 Å². The van der Waals surface area contributed by atoms with Crippen molar-refractivity contribution < 1.29 is 0 Å². The number of aromatic nitrogens is 6. The van der Waals surface area contributed by atoms with Gasteiger partial charge < -0.3 is 0 Å². The van der Waals surface area contributed by atoms with Gasteiger partial charge in [0.15, 0.2) is 0 Å². The zero-order chi connectivity index (χ0) is 22.3. The first-order chi connectivity index (χ1) is 14.3. The first kappa shape index (κ1) is 17.6. The van der Waals surface area contributed by atoms with E-state index in [0.29, 0.717) is 6.42 Å². The van der Waals surface area contributed by atoms with Gasteiger partial charge in [-0.1, -0.05) is 24.3 Å². The number of nitrogens with zero attached hydrogens (tertiary/aromatic N) is 6. The molecule has 0 spiro atoms. The molecule has 0 aromatic carbocycles. The van der Waals surface area contributed by atoms with Gasteiger partial charge in [0, 0.05) is 24.9 Å².